The molecule has 12 heteroatoms. The Morgan fingerprint density at radius 1 is 1.07 bits per heavy atom. The molecule has 0 bridgehead atoms. The van der Waals surface area contributed by atoms with Gasteiger partial charge in [0, 0.05) is 30.1 Å². The minimum Gasteiger partial charge on any atom is -0.406 e. The summed E-state index contributed by atoms with van der Waals surface area (Å²) in [6.07, 6.45) is 0.247. The van der Waals surface area contributed by atoms with Gasteiger partial charge in [0.2, 0.25) is 0 Å². The number of urea groups is 1. The van der Waals surface area contributed by atoms with Crippen molar-refractivity contribution < 1.29 is 22.7 Å². The summed E-state index contributed by atoms with van der Waals surface area (Å²) < 4.78 is 42.6. The summed E-state index contributed by atoms with van der Waals surface area (Å²) in [7, 11) is 0. The molecule has 4 aromatic rings. The Morgan fingerprint density at radius 3 is 2.58 bits per heavy atom. The molecule has 1 aliphatic rings. The summed E-state index contributed by atoms with van der Waals surface area (Å²) >= 11 is 1.61. The van der Waals surface area contributed by atoms with Crippen LogP contribution in [0.25, 0.3) is 17.1 Å². The maximum absolute atomic E-state index is 12.6. The van der Waals surface area contributed by atoms with Gasteiger partial charge in [-0.25, -0.2) is 14.5 Å². The molecular formula is C31H31F3N6O2S. The highest BCUT2D eigenvalue weighted by Crippen LogP contribution is 2.28. The van der Waals surface area contributed by atoms with Gasteiger partial charge in [0.1, 0.15) is 12.1 Å². The highest BCUT2D eigenvalue weighted by Gasteiger charge is 2.31. The van der Waals surface area contributed by atoms with E-state index in [1.165, 1.54) is 40.8 Å². The first kappa shape index (κ1) is 30.1. The predicted molar refractivity (Wildman–Crippen MR) is 163 cm³/mol. The number of alkyl halides is 3. The number of amides is 2. The molecule has 0 radical (unpaired) electrons. The normalized spacial score (nSPS) is 14.6. The number of halogens is 3. The van der Waals surface area contributed by atoms with E-state index in [0.29, 0.717) is 18.1 Å². The molecule has 0 saturated carbocycles. The summed E-state index contributed by atoms with van der Waals surface area (Å²) in [5.41, 5.74) is 4.82. The van der Waals surface area contributed by atoms with Gasteiger partial charge in [-0.05, 0) is 67.1 Å². The van der Waals surface area contributed by atoms with E-state index in [4.69, 9.17) is 0 Å². The molecule has 8 nitrogen and oxygen atoms in total. The third-order valence-electron chi connectivity index (χ3n) is 6.81. The monoisotopic (exact) mass is 608 g/mol. The van der Waals surface area contributed by atoms with E-state index in [9.17, 15) is 18.0 Å². The highest BCUT2D eigenvalue weighted by atomic mass is 32.2. The lowest BCUT2D eigenvalue weighted by atomic mass is 10.1. The van der Waals surface area contributed by atoms with Crippen LogP contribution in [0.4, 0.5) is 23.7 Å². The Bertz CT molecular complexity index is 1550. The number of aryl methyl sites for hydroxylation is 2. The van der Waals surface area contributed by atoms with Gasteiger partial charge in [0.15, 0.2) is 11.0 Å². The Morgan fingerprint density at radius 2 is 1.84 bits per heavy atom. The van der Waals surface area contributed by atoms with Gasteiger partial charge in [-0.15, -0.1) is 18.3 Å². The average Bonchev–Trinajstić information content (AvgIpc) is 3.50. The van der Waals surface area contributed by atoms with Gasteiger partial charge < -0.3 is 15.0 Å². The highest BCUT2D eigenvalue weighted by molar-refractivity contribution is 8.14. The van der Waals surface area contributed by atoms with Crippen molar-refractivity contribution in [1.82, 2.24) is 20.1 Å². The number of para-hydroxylation sites is 1. The second-order valence-corrected chi connectivity index (χ2v) is 10.9. The van der Waals surface area contributed by atoms with Crippen molar-refractivity contribution in [2.45, 2.75) is 39.0 Å². The molecule has 0 aliphatic carbocycles. The fourth-order valence-corrected chi connectivity index (χ4v) is 5.65. The number of benzene rings is 3. The van der Waals surface area contributed by atoms with Crippen molar-refractivity contribution >= 4 is 28.6 Å². The van der Waals surface area contributed by atoms with Gasteiger partial charge >= 0.3 is 12.4 Å². The Labute approximate surface area is 252 Å². The van der Waals surface area contributed by atoms with Crippen molar-refractivity contribution in [3.63, 3.8) is 0 Å². The van der Waals surface area contributed by atoms with Crippen molar-refractivity contribution in [2.75, 3.05) is 23.7 Å². The summed E-state index contributed by atoms with van der Waals surface area (Å²) in [6, 6.07) is 21.1. The van der Waals surface area contributed by atoms with Gasteiger partial charge in [0.25, 0.3) is 0 Å². The number of thioether (sulfide) groups is 1. The van der Waals surface area contributed by atoms with Crippen LogP contribution in [0.3, 0.4) is 0 Å². The number of nitrogens with zero attached hydrogens (tertiary/aromatic N) is 5. The van der Waals surface area contributed by atoms with Crippen molar-refractivity contribution in [3.8, 4) is 22.8 Å². The lowest BCUT2D eigenvalue weighted by molar-refractivity contribution is -0.274. The van der Waals surface area contributed by atoms with Crippen LogP contribution < -0.4 is 15.0 Å². The number of hydrogen-bond acceptors (Lipinski definition) is 5. The number of ether oxygens (including phenoxy) is 1. The summed E-state index contributed by atoms with van der Waals surface area (Å²) in [5, 5.41) is 8.10. The lowest BCUT2D eigenvalue weighted by Crippen LogP contribution is -2.36. The van der Waals surface area contributed by atoms with Crippen LogP contribution >= 0.6 is 11.8 Å². The average molecular weight is 609 g/mol. The summed E-state index contributed by atoms with van der Waals surface area (Å²) in [5.74, 6) is 1.13. The number of anilines is 1. The molecule has 1 saturated heterocycles. The molecule has 1 aliphatic heterocycles. The van der Waals surface area contributed by atoms with E-state index in [2.05, 4.69) is 49.1 Å². The quantitative estimate of drug-likeness (QED) is 0.205. The fourth-order valence-electron chi connectivity index (χ4n) is 4.70. The third-order valence-corrected chi connectivity index (χ3v) is 7.87. The van der Waals surface area contributed by atoms with Crippen LogP contribution in [-0.2, 0) is 12.8 Å². The fraction of sp³-hybridized carbons (Fsp3) is 0.290. The molecule has 1 aromatic heterocycles. The first-order valence-corrected chi connectivity index (χ1v) is 15.0. The zero-order valence-electron chi connectivity index (χ0n) is 23.6. The lowest BCUT2D eigenvalue weighted by Gasteiger charge is -2.31. The molecule has 5 rings (SSSR count). The van der Waals surface area contributed by atoms with E-state index in [1.54, 1.807) is 11.8 Å². The number of nitrogens with one attached hydrogen (secondary N) is 1. The Balaban J connectivity index is 1.11. The van der Waals surface area contributed by atoms with Gasteiger partial charge in [-0.1, -0.05) is 61.2 Å². The van der Waals surface area contributed by atoms with E-state index in [-0.39, 0.29) is 11.8 Å². The van der Waals surface area contributed by atoms with E-state index in [1.807, 2.05) is 36.4 Å². The molecule has 0 atom stereocenters. The topological polar surface area (TPSA) is 84.6 Å². The van der Waals surface area contributed by atoms with Crippen LogP contribution in [0, 0.1) is 0 Å². The number of aliphatic imine (C=N–C) groups is 1. The molecular weight excluding hydrogens is 577 g/mol. The maximum Gasteiger partial charge on any atom is 0.573 e. The standard InChI is InChI=1S/C31H31F3N6O2S/c1-2-23-8-3-4-9-27(23)39-19-6-20-43-30(39)37-29(41)35-18-5-7-22-10-12-24(13-11-22)28-36-21-40(38-28)25-14-16-26(17-15-25)42-31(32,33)34/h3-4,8-17,21H,2,5-7,18-20H2,1H3,(H,35,41). The van der Waals surface area contributed by atoms with E-state index >= 15 is 0 Å². The van der Waals surface area contributed by atoms with Gasteiger partial charge in [-0.3, -0.25) is 0 Å². The first-order valence-electron chi connectivity index (χ1n) is 14.0. The minimum absolute atomic E-state index is 0.302. The largest absolute Gasteiger partial charge is 0.573 e. The van der Waals surface area contributed by atoms with Crippen molar-refractivity contribution in [2.24, 2.45) is 4.99 Å². The minimum atomic E-state index is -4.74. The molecule has 0 spiro atoms. The Hall–Kier alpha value is -4.32. The van der Waals surface area contributed by atoms with Crippen LogP contribution in [0.1, 0.15) is 30.9 Å². The molecule has 1 N–H and O–H groups in total. The summed E-state index contributed by atoms with van der Waals surface area (Å²) in [6.45, 7) is 3.48. The van der Waals surface area contributed by atoms with Crippen LogP contribution in [-0.4, -0.2) is 51.2 Å². The Kier molecular flexibility index (Phi) is 9.65. The second-order valence-electron chi connectivity index (χ2n) is 9.82. The molecule has 1 fully saturated rings. The zero-order valence-corrected chi connectivity index (χ0v) is 24.4. The molecule has 0 unspecified atom stereocenters. The summed E-state index contributed by atoms with van der Waals surface area (Å²) in [4.78, 5) is 23.5. The predicted octanol–water partition coefficient (Wildman–Crippen LogP) is 7.04. The number of carbonyl (C=O) groups excluding carboxylic acids is 1. The smallest absolute Gasteiger partial charge is 0.406 e. The number of rotatable bonds is 9. The number of hydrogen-bond donors (Lipinski definition) is 1. The molecule has 43 heavy (non-hydrogen) atoms. The molecule has 224 valence electrons. The van der Waals surface area contributed by atoms with Crippen molar-refractivity contribution in [1.29, 1.82) is 0 Å². The van der Waals surface area contributed by atoms with Gasteiger partial charge in [0.05, 0.1) is 5.69 Å². The molecule has 2 amide bonds. The SMILES string of the molecule is CCc1ccccc1N1CCCSC1=NC(=O)NCCCc1ccc(-c2ncn(-c3ccc(OC(F)(F)F)cc3)n2)cc1. The zero-order chi connectivity index (χ0) is 30.2. The second kappa shape index (κ2) is 13.8. The number of aromatic nitrogens is 3. The maximum atomic E-state index is 12.6. The third kappa shape index (κ3) is 8.16. The number of carbonyl (C=O) groups is 1. The first-order chi connectivity index (χ1) is 20.8. The van der Waals surface area contributed by atoms with Crippen molar-refractivity contribution in [3.05, 3.63) is 90.3 Å². The molecule has 2 heterocycles. The van der Waals surface area contributed by atoms with Crippen LogP contribution in [0.15, 0.2) is 84.1 Å². The van der Waals surface area contributed by atoms with Crippen LogP contribution in [0.2, 0.25) is 0 Å². The van der Waals surface area contributed by atoms with Crippen LogP contribution in [0.5, 0.6) is 5.75 Å². The van der Waals surface area contributed by atoms with E-state index in [0.717, 1.165) is 60.0 Å². The van der Waals surface area contributed by atoms with E-state index < -0.39 is 6.36 Å². The van der Waals surface area contributed by atoms with Gasteiger partial charge in [-0.2, -0.15) is 4.99 Å². The number of amidine groups is 1. The molecule has 3 aromatic carbocycles.